The number of carbonyl (C=O) groups excluding carboxylic acids is 2. The van der Waals surface area contributed by atoms with Gasteiger partial charge in [0.15, 0.2) is 0 Å². The maximum atomic E-state index is 12.3. The fourth-order valence-electron chi connectivity index (χ4n) is 2.24. The van der Waals surface area contributed by atoms with Crippen molar-refractivity contribution in [1.82, 2.24) is 10.2 Å². The molecule has 0 saturated carbocycles. The second-order valence-electron chi connectivity index (χ2n) is 4.87. The fourth-order valence-corrected chi connectivity index (χ4v) is 2.24. The van der Waals surface area contributed by atoms with Crippen molar-refractivity contribution in [2.75, 3.05) is 19.6 Å². The molecule has 1 heterocycles. The van der Waals surface area contributed by atoms with Crippen molar-refractivity contribution < 1.29 is 9.59 Å². The van der Waals surface area contributed by atoms with Crippen molar-refractivity contribution in [2.45, 2.75) is 19.4 Å². The summed E-state index contributed by atoms with van der Waals surface area (Å²) in [6.07, 6.45) is 0.310. The number of nitrogens with one attached hydrogen (secondary N) is 1. The summed E-state index contributed by atoms with van der Waals surface area (Å²) in [6.45, 7) is 3.67. The summed E-state index contributed by atoms with van der Waals surface area (Å²) in [5.41, 5.74) is 7.45. The van der Waals surface area contributed by atoms with Gasteiger partial charge in [-0.1, -0.05) is 29.8 Å². The highest BCUT2D eigenvalue weighted by molar-refractivity contribution is 5.88. The predicted octanol–water partition coefficient (Wildman–Crippen LogP) is -0.177. The number of amides is 2. The van der Waals surface area contributed by atoms with Gasteiger partial charge in [0, 0.05) is 19.6 Å². The standard InChI is InChI=1S/C14H19N3O2/c1-10-2-4-11(5-3-10)8-13(18)17-7-6-16-9-12(17)14(15)19/h2-5,12,16H,6-9H2,1H3,(H2,15,19). The molecule has 1 fully saturated rings. The van der Waals surface area contributed by atoms with E-state index in [4.69, 9.17) is 5.73 Å². The third-order valence-electron chi connectivity index (χ3n) is 3.37. The van der Waals surface area contributed by atoms with Crippen molar-refractivity contribution in [3.05, 3.63) is 35.4 Å². The lowest BCUT2D eigenvalue weighted by atomic mass is 10.1. The smallest absolute Gasteiger partial charge is 0.241 e. The Morgan fingerprint density at radius 2 is 2.05 bits per heavy atom. The lowest BCUT2D eigenvalue weighted by Gasteiger charge is -2.34. The molecule has 2 amide bonds. The molecular weight excluding hydrogens is 242 g/mol. The molecule has 1 aliphatic heterocycles. The minimum atomic E-state index is -0.535. The van der Waals surface area contributed by atoms with Crippen LogP contribution in [0.25, 0.3) is 0 Å². The Morgan fingerprint density at radius 1 is 1.37 bits per heavy atom. The highest BCUT2D eigenvalue weighted by atomic mass is 16.2. The Labute approximate surface area is 112 Å². The van der Waals surface area contributed by atoms with Crippen molar-refractivity contribution in [3.63, 3.8) is 0 Å². The quantitative estimate of drug-likeness (QED) is 0.793. The molecule has 102 valence electrons. The van der Waals surface area contributed by atoms with Crippen LogP contribution in [0.1, 0.15) is 11.1 Å². The summed E-state index contributed by atoms with van der Waals surface area (Å²) in [5, 5.41) is 3.08. The Bertz CT molecular complexity index is 470. The van der Waals surface area contributed by atoms with Gasteiger partial charge < -0.3 is 16.0 Å². The van der Waals surface area contributed by atoms with Gasteiger partial charge in [-0.2, -0.15) is 0 Å². The van der Waals surface area contributed by atoms with Gasteiger partial charge in [-0.25, -0.2) is 0 Å². The molecule has 1 saturated heterocycles. The largest absolute Gasteiger partial charge is 0.368 e. The third kappa shape index (κ3) is 3.32. The average Bonchev–Trinajstić information content (AvgIpc) is 2.41. The van der Waals surface area contributed by atoms with E-state index in [1.54, 1.807) is 4.90 Å². The molecule has 1 aromatic carbocycles. The van der Waals surface area contributed by atoms with E-state index >= 15 is 0 Å². The first-order valence-electron chi connectivity index (χ1n) is 6.43. The molecule has 0 radical (unpaired) electrons. The summed E-state index contributed by atoms with van der Waals surface area (Å²) < 4.78 is 0. The van der Waals surface area contributed by atoms with E-state index in [-0.39, 0.29) is 5.91 Å². The molecule has 5 heteroatoms. The van der Waals surface area contributed by atoms with E-state index in [9.17, 15) is 9.59 Å². The summed E-state index contributed by atoms with van der Waals surface area (Å²) in [7, 11) is 0. The first-order valence-corrected chi connectivity index (χ1v) is 6.43. The molecule has 3 N–H and O–H groups in total. The zero-order chi connectivity index (χ0) is 13.8. The highest BCUT2D eigenvalue weighted by Gasteiger charge is 2.30. The lowest BCUT2D eigenvalue weighted by Crippen LogP contribution is -2.59. The number of primary amides is 1. The highest BCUT2D eigenvalue weighted by Crippen LogP contribution is 2.09. The molecule has 0 spiro atoms. The van der Waals surface area contributed by atoms with Crippen LogP contribution in [0.5, 0.6) is 0 Å². The maximum Gasteiger partial charge on any atom is 0.241 e. The van der Waals surface area contributed by atoms with E-state index in [1.165, 1.54) is 0 Å². The Morgan fingerprint density at radius 3 is 2.68 bits per heavy atom. The number of piperazine rings is 1. The second-order valence-corrected chi connectivity index (χ2v) is 4.87. The van der Waals surface area contributed by atoms with Crippen LogP contribution < -0.4 is 11.1 Å². The van der Waals surface area contributed by atoms with Gasteiger partial charge in [0.05, 0.1) is 6.42 Å². The van der Waals surface area contributed by atoms with Crippen molar-refractivity contribution in [1.29, 1.82) is 0 Å². The number of hydrogen-bond donors (Lipinski definition) is 2. The van der Waals surface area contributed by atoms with Crippen LogP contribution in [0.4, 0.5) is 0 Å². The number of nitrogens with zero attached hydrogens (tertiary/aromatic N) is 1. The zero-order valence-electron chi connectivity index (χ0n) is 11.1. The van der Waals surface area contributed by atoms with Gasteiger partial charge in [0.25, 0.3) is 0 Å². The monoisotopic (exact) mass is 261 g/mol. The van der Waals surface area contributed by atoms with Crippen molar-refractivity contribution in [2.24, 2.45) is 5.73 Å². The summed E-state index contributed by atoms with van der Waals surface area (Å²) in [5.74, 6) is -0.501. The Kier molecular flexibility index (Phi) is 4.16. The van der Waals surface area contributed by atoms with Crippen LogP contribution in [-0.4, -0.2) is 42.4 Å². The molecule has 19 heavy (non-hydrogen) atoms. The van der Waals surface area contributed by atoms with Crippen LogP contribution in [0.3, 0.4) is 0 Å². The number of benzene rings is 1. The molecule has 1 aromatic rings. The normalized spacial score (nSPS) is 19.2. The minimum absolute atomic E-state index is 0.0471. The number of hydrogen-bond acceptors (Lipinski definition) is 3. The van der Waals surface area contributed by atoms with E-state index < -0.39 is 11.9 Å². The van der Waals surface area contributed by atoms with Gasteiger partial charge in [-0.3, -0.25) is 9.59 Å². The van der Waals surface area contributed by atoms with Crippen LogP contribution >= 0.6 is 0 Å². The van der Waals surface area contributed by atoms with E-state index in [1.807, 2.05) is 31.2 Å². The fraction of sp³-hybridized carbons (Fsp3) is 0.429. The first kappa shape index (κ1) is 13.5. The molecule has 0 aliphatic carbocycles. The first-order chi connectivity index (χ1) is 9.08. The van der Waals surface area contributed by atoms with Gasteiger partial charge in [0.2, 0.25) is 11.8 Å². The Balaban J connectivity index is 2.05. The molecule has 0 aromatic heterocycles. The van der Waals surface area contributed by atoms with Gasteiger partial charge in [0.1, 0.15) is 6.04 Å². The minimum Gasteiger partial charge on any atom is -0.368 e. The molecule has 1 atom stereocenters. The number of nitrogens with two attached hydrogens (primary N) is 1. The predicted molar refractivity (Wildman–Crippen MR) is 72.4 cm³/mol. The van der Waals surface area contributed by atoms with E-state index in [0.717, 1.165) is 11.1 Å². The topological polar surface area (TPSA) is 75.4 Å². The van der Waals surface area contributed by atoms with Crippen LogP contribution in [0, 0.1) is 6.92 Å². The van der Waals surface area contributed by atoms with E-state index in [2.05, 4.69) is 5.32 Å². The number of carbonyl (C=O) groups is 2. The lowest BCUT2D eigenvalue weighted by molar-refractivity contribution is -0.139. The molecule has 0 bridgehead atoms. The van der Waals surface area contributed by atoms with Crippen LogP contribution in [-0.2, 0) is 16.0 Å². The summed E-state index contributed by atoms with van der Waals surface area (Å²) in [4.78, 5) is 25.2. The SMILES string of the molecule is Cc1ccc(CC(=O)N2CCNCC2C(N)=O)cc1. The van der Waals surface area contributed by atoms with Gasteiger partial charge in [-0.05, 0) is 12.5 Å². The average molecular weight is 261 g/mol. The molecule has 5 nitrogen and oxygen atoms in total. The van der Waals surface area contributed by atoms with Gasteiger partial charge in [-0.15, -0.1) is 0 Å². The van der Waals surface area contributed by atoms with Gasteiger partial charge >= 0.3 is 0 Å². The second kappa shape index (κ2) is 5.84. The number of aryl methyl sites for hydroxylation is 1. The molecule has 1 aliphatic rings. The van der Waals surface area contributed by atoms with Crippen LogP contribution in [0.2, 0.25) is 0 Å². The summed E-state index contributed by atoms with van der Waals surface area (Å²) in [6, 6.07) is 7.30. The Hall–Kier alpha value is -1.88. The maximum absolute atomic E-state index is 12.3. The van der Waals surface area contributed by atoms with Crippen molar-refractivity contribution in [3.8, 4) is 0 Å². The number of rotatable bonds is 3. The molecule has 1 unspecified atom stereocenters. The molecule has 2 rings (SSSR count). The van der Waals surface area contributed by atoms with E-state index in [0.29, 0.717) is 26.1 Å². The third-order valence-corrected chi connectivity index (χ3v) is 3.37. The zero-order valence-corrected chi connectivity index (χ0v) is 11.1. The summed E-state index contributed by atoms with van der Waals surface area (Å²) >= 11 is 0. The molecular formula is C14H19N3O2. The van der Waals surface area contributed by atoms with Crippen molar-refractivity contribution >= 4 is 11.8 Å². The van der Waals surface area contributed by atoms with Crippen LogP contribution in [0.15, 0.2) is 24.3 Å².